The third-order valence-electron chi connectivity index (χ3n) is 3.76. The van der Waals surface area contributed by atoms with Gasteiger partial charge in [0.25, 0.3) is 5.91 Å². The molecule has 1 aliphatic rings. The summed E-state index contributed by atoms with van der Waals surface area (Å²) in [6.07, 6.45) is 0.536. The summed E-state index contributed by atoms with van der Waals surface area (Å²) >= 11 is 0. The fraction of sp³-hybridized carbons (Fsp3) is 0.278. The van der Waals surface area contributed by atoms with Crippen molar-refractivity contribution in [2.45, 2.75) is 25.5 Å². The van der Waals surface area contributed by atoms with Crippen LogP contribution in [0.1, 0.15) is 24.9 Å². The quantitative estimate of drug-likeness (QED) is 0.786. The van der Waals surface area contributed by atoms with Crippen molar-refractivity contribution in [3.05, 3.63) is 66.2 Å². The van der Waals surface area contributed by atoms with Crippen LogP contribution in [0.15, 0.2) is 60.7 Å². The summed E-state index contributed by atoms with van der Waals surface area (Å²) in [6, 6.07) is 19.7. The molecule has 1 saturated heterocycles. The number of carbonyl (C=O) groups is 1. The van der Waals surface area contributed by atoms with Gasteiger partial charge in [-0.05, 0) is 24.1 Å². The van der Waals surface area contributed by atoms with Gasteiger partial charge in [0.05, 0.1) is 0 Å². The van der Waals surface area contributed by atoms with Crippen LogP contribution in [0.2, 0.25) is 0 Å². The van der Waals surface area contributed by atoms with Gasteiger partial charge in [-0.2, -0.15) is 0 Å². The summed E-state index contributed by atoms with van der Waals surface area (Å²) < 4.78 is 5.91. The van der Waals surface area contributed by atoms with Gasteiger partial charge >= 0.3 is 0 Å². The topological polar surface area (TPSA) is 29.5 Å². The van der Waals surface area contributed by atoms with E-state index in [1.165, 1.54) is 0 Å². The molecule has 1 heterocycles. The first-order valence-corrected chi connectivity index (χ1v) is 7.38. The van der Waals surface area contributed by atoms with Gasteiger partial charge in [-0.3, -0.25) is 4.79 Å². The largest absolute Gasteiger partial charge is 0.478 e. The third-order valence-corrected chi connectivity index (χ3v) is 3.76. The van der Waals surface area contributed by atoms with Crippen molar-refractivity contribution in [1.29, 1.82) is 0 Å². The fourth-order valence-corrected chi connectivity index (χ4v) is 2.77. The number of likely N-dealkylation sites (tertiary alicyclic amines) is 1. The number of nitrogens with zero attached hydrogens (tertiary/aromatic N) is 1. The van der Waals surface area contributed by atoms with E-state index in [0.717, 1.165) is 24.3 Å². The summed E-state index contributed by atoms with van der Waals surface area (Å²) in [5, 5.41) is 0. The van der Waals surface area contributed by atoms with E-state index in [4.69, 9.17) is 4.74 Å². The van der Waals surface area contributed by atoms with E-state index < -0.39 is 6.10 Å². The number of carbonyl (C=O) groups excluding carboxylic acids is 1. The molecular formula is C18H19NO2. The Kier molecular flexibility index (Phi) is 3.91. The molecule has 1 aliphatic heterocycles. The Hall–Kier alpha value is -2.29. The molecule has 2 aromatic rings. The van der Waals surface area contributed by atoms with Gasteiger partial charge in [0, 0.05) is 6.54 Å². The molecule has 3 heteroatoms. The Labute approximate surface area is 125 Å². The van der Waals surface area contributed by atoms with Crippen LogP contribution in [-0.2, 0) is 4.79 Å². The maximum atomic E-state index is 12.3. The maximum Gasteiger partial charge on any atom is 0.266 e. The minimum Gasteiger partial charge on any atom is -0.478 e. The second-order valence-corrected chi connectivity index (χ2v) is 5.24. The normalized spacial score (nSPS) is 21.0. The van der Waals surface area contributed by atoms with Crippen molar-refractivity contribution >= 4 is 5.91 Å². The molecule has 3 rings (SSSR count). The third kappa shape index (κ3) is 2.64. The SMILES string of the molecule is CCCN1C(=O)C(Oc2ccccc2)C1c1ccccc1. The molecule has 1 amide bonds. The van der Waals surface area contributed by atoms with E-state index in [1.807, 2.05) is 53.4 Å². The summed E-state index contributed by atoms with van der Waals surface area (Å²) in [5.74, 6) is 0.822. The Morgan fingerprint density at radius 3 is 2.24 bits per heavy atom. The molecule has 21 heavy (non-hydrogen) atoms. The molecule has 0 aliphatic carbocycles. The fourth-order valence-electron chi connectivity index (χ4n) is 2.77. The number of β-lactam (4-membered cyclic amide) rings is 1. The Balaban J connectivity index is 1.83. The molecule has 3 nitrogen and oxygen atoms in total. The minimum atomic E-state index is -0.415. The average Bonchev–Trinajstić information content (AvgIpc) is 2.55. The highest BCUT2D eigenvalue weighted by molar-refractivity contribution is 5.89. The number of hydrogen-bond donors (Lipinski definition) is 0. The first kappa shape index (κ1) is 13.7. The molecule has 0 aromatic heterocycles. The molecule has 0 saturated carbocycles. The smallest absolute Gasteiger partial charge is 0.266 e. The highest BCUT2D eigenvalue weighted by atomic mass is 16.5. The summed E-state index contributed by atoms with van der Waals surface area (Å²) in [5.41, 5.74) is 1.13. The van der Waals surface area contributed by atoms with Gasteiger partial charge in [0.15, 0.2) is 0 Å². The van der Waals surface area contributed by atoms with Crippen molar-refractivity contribution in [2.24, 2.45) is 0 Å². The van der Waals surface area contributed by atoms with Crippen LogP contribution < -0.4 is 4.74 Å². The van der Waals surface area contributed by atoms with Gasteiger partial charge in [-0.25, -0.2) is 0 Å². The molecule has 1 fully saturated rings. The molecule has 2 aromatic carbocycles. The number of ether oxygens (including phenoxy) is 1. The number of amides is 1. The van der Waals surface area contributed by atoms with E-state index in [9.17, 15) is 4.79 Å². The molecule has 0 radical (unpaired) electrons. The first-order chi connectivity index (χ1) is 10.3. The highest BCUT2D eigenvalue weighted by Gasteiger charge is 2.49. The molecule has 0 spiro atoms. The highest BCUT2D eigenvalue weighted by Crippen LogP contribution is 2.37. The van der Waals surface area contributed by atoms with Crippen LogP contribution in [0.25, 0.3) is 0 Å². The minimum absolute atomic E-state index is 0.0128. The molecule has 108 valence electrons. The molecule has 2 unspecified atom stereocenters. The molecule has 0 bridgehead atoms. The number of rotatable bonds is 5. The maximum absolute atomic E-state index is 12.3. The predicted octanol–water partition coefficient (Wildman–Crippen LogP) is 3.43. The summed E-state index contributed by atoms with van der Waals surface area (Å²) in [6.45, 7) is 2.85. The summed E-state index contributed by atoms with van der Waals surface area (Å²) in [4.78, 5) is 14.2. The monoisotopic (exact) mass is 281 g/mol. The van der Waals surface area contributed by atoms with Gasteiger partial charge in [-0.15, -0.1) is 0 Å². The lowest BCUT2D eigenvalue weighted by Gasteiger charge is -2.46. The van der Waals surface area contributed by atoms with E-state index in [-0.39, 0.29) is 11.9 Å². The van der Waals surface area contributed by atoms with Gasteiger partial charge in [0.1, 0.15) is 11.8 Å². The van der Waals surface area contributed by atoms with Crippen molar-refractivity contribution in [2.75, 3.05) is 6.54 Å². The number of hydrogen-bond acceptors (Lipinski definition) is 2. The van der Waals surface area contributed by atoms with Crippen LogP contribution in [-0.4, -0.2) is 23.5 Å². The van der Waals surface area contributed by atoms with Crippen molar-refractivity contribution in [3.63, 3.8) is 0 Å². The van der Waals surface area contributed by atoms with Crippen LogP contribution in [0.5, 0.6) is 5.75 Å². The Morgan fingerprint density at radius 2 is 1.62 bits per heavy atom. The second-order valence-electron chi connectivity index (χ2n) is 5.24. The number of benzene rings is 2. The number of para-hydroxylation sites is 1. The molecule has 0 N–H and O–H groups in total. The van der Waals surface area contributed by atoms with E-state index >= 15 is 0 Å². The second kappa shape index (κ2) is 6.00. The summed E-state index contributed by atoms with van der Waals surface area (Å²) in [7, 11) is 0. The standard InChI is InChI=1S/C18H19NO2/c1-2-13-19-16(14-9-5-3-6-10-14)17(18(19)20)21-15-11-7-4-8-12-15/h3-12,16-17H,2,13H2,1H3. The van der Waals surface area contributed by atoms with E-state index in [1.54, 1.807) is 0 Å². The molecule has 2 atom stereocenters. The van der Waals surface area contributed by atoms with Crippen molar-refractivity contribution in [1.82, 2.24) is 4.90 Å². The zero-order chi connectivity index (χ0) is 14.7. The van der Waals surface area contributed by atoms with E-state index in [0.29, 0.717) is 0 Å². The Morgan fingerprint density at radius 1 is 1.00 bits per heavy atom. The van der Waals surface area contributed by atoms with Gasteiger partial charge in [-0.1, -0.05) is 55.5 Å². The Bertz CT molecular complexity index is 597. The lowest BCUT2D eigenvalue weighted by molar-refractivity contribution is -0.164. The predicted molar refractivity (Wildman–Crippen MR) is 82.0 cm³/mol. The van der Waals surface area contributed by atoms with Gasteiger partial charge < -0.3 is 9.64 Å². The zero-order valence-corrected chi connectivity index (χ0v) is 12.1. The lowest BCUT2D eigenvalue weighted by atomic mass is 9.90. The van der Waals surface area contributed by atoms with Crippen molar-refractivity contribution < 1.29 is 9.53 Å². The first-order valence-electron chi connectivity index (χ1n) is 7.38. The van der Waals surface area contributed by atoms with Crippen molar-refractivity contribution in [3.8, 4) is 5.75 Å². The van der Waals surface area contributed by atoms with Crippen LogP contribution >= 0.6 is 0 Å². The van der Waals surface area contributed by atoms with Crippen LogP contribution in [0, 0.1) is 0 Å². The van der Waals surface area contributed by atoms with Gasteiger partial charge in [0.2, 0.25) is 6.10 Å². The molecular weight excluding hydrogens is 262 g/mol. The van der Waals surface area contributed by atoms with E-state index in [2.05, 4.69) is 19.1 Å². The van der Waals surface area contributed by atoms with Crippen LogP contribution in [0.3, 0.4) is 0 Å². The van der Waals surface area contributed by atoms with Crippen LogP contribution in [0.4, 0.5) is 0 Å². The lowest BCUT2D eigenvalue weighted by Crippen LogP contribution is -2.61. The average molecular weight is 281 g/mol. The zero-order valence-electron chi connectivity index (χ0n) is 12.1.